The minimum atomic E-state index is -0.652. The number of aliphatic hydroxyl groups is 1. The summed E-state index contributed by atoms with van der Waals surface area (Å²) in [6.45, 7) is 5.96. The molecule has 1 unspecified atom stereocenters. The van der Waals surface area contributed by atoms with E-state index in [2.05, 4.69) is 13.8 Å². The zero-order valence-electron chi connectivity index (χ0n) is 19.2. The molecule has 1 saturated heterocycles. The van der Waals surface area contributed by atoms with Crippen LogP contribution in [0.25, 0.3) is 5.76 Å². The molecule has 2 aromatic carbocycles. The Morgan fingerprint density at radius 1 is 1.06 bits per heavy atom. The number of aliphatic hydroxyl groups excluding tert-OH is 1. The maximum atomic E-state index is 13.0. The van der Waals surface area contributed by atoms with Gasteiger partial charge >= 0.3 is 0 Å². The third kappa shape index (κ3) is 5.37. The Morgan fingerprint density at radius 2 is 1.72 bits per heavy atom. The summed E-state index contributed by atoms with van der Waals surface area (Å²) >= 11 is 0. The SMILES string of the molecule is CC(C)COc1ccc(/C(O)=C2/C(=O)C(=O)N(CCCN(C)C)C2c2ccccc2)cc1. The Bertz CT molecular complexity index is 965. The molecule has 2 aromatic rings. The van der Waals surface area contributed by atoms with E-state index in [0.717, 1.165) is 18.5 Å². The van der Waals surface area contributed by atoms with Crippen molar-refractivity contribution in [2.24, 2.45) is 5.92 Å². The second kappa shape index (κ2) is 10.5. The summed E-state index contributed by atoms with van der Waals surface area (Å²) in [6.07, 6.45) is 0.727. The van der Waals surface area contributed by atoms with Gasteiger partial charge in [-0.3, -0.25) is 9.59 Å². The molecule has 1 aliphatic rings. The number of ketones is 1. The number of amides is 1. The van der Waals surface area contributed by atoms with Crippen LogP contribution in [0.5, 0.6) is 5.75 Å². The maximum absolute atomic E-state index is 13.0. The van der Waals surface area contributed by atoms with Gasteiger partial charge in [-0.25, -0.2) is 0 Å². The van der Waals surface area contributed by atoms with Gasteiger partial charge in [-0.2, -0.15) is 0 Å². The second-order valence-corrected chi connectivity index (χ2v) is 8.79. The van der Waals surface area contributed by atoms with Crippen LogP contribution in [-0.4, -0.2) is 60.4 Å². The van der Waals surface area contributed by atoms with E-state index in [1.54, 1.807) is 29.2 Å². The Morgan fingerprint density at radius 3 is 2.31 bits per heavy atom. The van der Waals surface area contributed by atoms with Crippen molar-refractivity contribution in [2.75, 3.05) is 33.8 Å². The van der Waals surface area contributed by atoms with Crippen LogP contribution < -0.4 is 4.74 Å². The van der Waals surface area contributed by atoms with E-state index >= 15 is 0 Å². The minimum Gasteiger partial charge on any atom is -0.507 e. The average molecular weight is 437 g/mol. The molecule has 1 aliphatic heterocycles. The molecule has 0 aliphatic carbocycles. The highest BCUT2D eigenvalue weighted by atomic mass is 16.5. The molecule has 0 aromatic heterocycles. The van der Waals surface area contributed by atoms with Crippen LogP contribution in [0.4, 0.5) is 0 Å². The monoisotopic (exact) mass is 436 g/mol. The summed E-state index contributed by atoms with van der Waals surface area (Å²) < 4.78 is 5.71. The molecule has 6 nitrogen and oxygen atoms in total. The quantitative estimate of drug-likeness (QED) is 0.364. The summed E-state index contributed by atoms with van der Waals surface area (Å²) in [4.78, 5) is 29.5. The van der Waals surface area contributed by atoms with Gasteiger partial charge in [-0.05, 0) is 62.8 Å². The fourth-order valence-corrected chi connectivity index (χ4v) is 3.78. The van der Waals surface area contributed by atoms with Crippen molar-refractivity contribution in [1.29, 1.82) is 0 Å². The first kappa shape index (κ1) is 23.5. The van der Waals surface area contributed by atoms with Gasteiger partial charge in [0.05, 0.1) is 18.2 Å². The standard InChI is InChI=1S/C26H32N2O4/c1-18(2)17-32-21-13-11-20(12-14-21)24(29)22-23(19-9-6-5-7-10-19)28(26(31)25(22)30)16-8-15-27(3)4/h5-7,9-14,18,23,29H,8,15-17H2,1-4H3/b24-22-. The van der Waals surface area contributed by atoms with E-state index in [0.29, 0.717) is 30.4 Å². The molecule has 0 saturated carbocycles. The van der Waals surface area contributed by atoms with E-state index in [-0.39, 0.29) is 11.3 Å². The Kier molecular flexibility index (Phi) is 7.70. The molecule has 0 spiro atoms. The van der Waals surface area contributed by atoms with Crippen molar-refractivity contribution in [2.45, 2.75) is 26.3 Å². The number of hydrogen-bond acceptors (Lipinski definition) is 5. The van der Waals surface area contributed by atoms with Crippen LogP contribution in [0.3, 0.4) is 0 Å². The molecular formula is C26H32N2O4. The lowest BCUT2D eigenvalue weighted by Gasteiger charge is -2.26. The first-order valence-corrected chi connectivity index (χ1v) is 11.0. The number of ether oxygens (including phenoxy) is 1. The smallest absolute Gasteiger partial charge is 0.295 e. The van der Waals surface area contributed by atoms with Crippen LogP contribution in [0.15, 0.2) is 60.2 Å². The first-order valence-electron chi connectivity index (χ1n) is 11.0. The molecule has 0 radical (unpaired) electrons. The van der Waals surface area contributed by atoms with Crippen LogP contribution in [-0.2, 0) is 9.59 Å². The van der Waals surface area contributed by atoms with E-state index in [4.69, 9.17) is 4.74 Å². The lowest BCUT2D eigenvalue weighted by molar-refractivity contribution is -0.139. The van der Waals surface area contributed by atoms with E-state index in [9.17, 15) is 14.7 Å². The van der Waals surface area contributed by atoms with E-state index < -0.39 is 17.7 Å². The van der Waals surface area contributed by atoms with Crippen molar-refractivity contribution >= 4 is 17.4 Å². The number of likely N-dealkylation sites (tertiary alicyclic amines) is 1. The van der Waals surface area contributed by atoms with Crippen LogP contribution in [0, 0.1) is 5.92 Å². The first-order chi connectivity index (χ1) is 15.3. The molecule has 1 amide bonds. The predicted molar refractivity (Wildman–Crippen MR) is 125 cm³/mol. The average Bonchev–Trinajstić information content (AvgIpc) is 3.03. The van der Waals surface area contributed by atoms with Gasteiger partial charge in [-0.15, -0.1) is 0 Å². The van der Waals surface area contributed by atoms with Crippen molar-refractivity contribution in [3.8, 4) is 5.75 Å². The minimum absolute atomic E-state index is 0.127. The van der Waals surface area contributed by atoms with Gasteiger partial charge < -0.3 is 19.6 Å². The Hall–Kier alpha value is -3.12. The number of carbonyl (C=O) groups excluding carboxylic acids is 2. The van der Waals surface area contributed by atoms with Crippen LogP contribution in [0.1, 0.15) is 37.4 Å². The third-order valence-electron chi connectivity index (χ3n) is 5.37. The molecule has 1 N–H and O–H groups in total. The van der Waals surface area contributed by atoms with Crippen LogP contribution in [0.2, 0.25) is 0 Å². The van der Waals surface area contributed by atoms with Gasteiger partial charge in [0, 0.05) is 12.1 Å². The molecule has 3 rings (SSSR count). The number of carbonyl (C=O) groups is 2. The third-order valence-corrected chi connectivity index (χ3v) is 5.37. The lowest BCUT2D eigenvalue weighted by atomic mass is 9.95. The molecule has 6 heteroatoms. The van der Waals surface area contributed by atoms with Gasteiger partial charge in [-0.1, -0.05) is 44.2 Å². The summed E-state index contributed by atoms with van der Waals surface area (Å²) in [5.74, 6) is -0.295. The molecule has 32 heavy (non-hydrogen) atoms. The predicted octanol–water partition coefficient (Wildman–Crippen LogP) is 4.09. The molecular weight excluding hydrogens is 404 g/mol. The summed E-state index contributed by atoms with van der Waals surface area (Å²) in [5, 5.41) is 11.1. The van der Waals surface area contributed by atoms with Gasteiger partial charge in [0.15, 0.2) is 0 Å². The van der Waals surface area contributed by atoms with Crippen molar-refractivity contribution in [3.05, 3.63) is 71.3 Å². The van der Waals surface area contributed by atoms with Gasteiger partial charge in [0.25, 0.3) is 11.7 Å². The number of rotatable bonds is 9. The normalized spacial score (nSPS) is 18.1. The zero-order valence-corrected chi connectivity index (χ0v) is 19.2. The fourth-order valence-electron chi connectivity index (χ4n) is 3.78. The number of benzene rings is 2. The van der Waals surface area contributed by atoms with Crippen molar-refractivity contribution < 1.29 is 19.4 Å². The summed E-state index contributed by atoms with van der Waals surface area (Å²) in [7, 11) is 3.94. The van der Waals surface area contributed by atoms with Gasteiger partial charge in [0.1, 0.15) is 11.5 Å². The van der Waals surface area contributed by atoms with E-state index in [1.807, 2.05) is 49.3 Å². The van der Waals surface area contributed by atoms with Gasteiger partial charge in [0.2, 0.25) is 0 Å². The lowest BCUT2D eigenvalue weighted by Crippen LogP contribution is -2.32. The van der Waals surface area contributed by atoms with E-state index in [1.165, 1.54) is 0 Å². The van der Waals surface area contributed by atoms with Crippen molar-refractivity contribution in [3.63, 3.8) is 0 Å². The highest BCUT2D eigenvalue weighted by molar-refractivity contribution is 6.46. The zero-order chi connectivity index (χ0) is 23.3. The Balaban J connectivity index is 1.96. The number of Topliss-reactive ketones (excluding diaryl/α,β-unsaturated/α-hetero) is 1. The molecule has 1 heterocycles. The summed E-state index contributed by atoms with van der Waals surface area (Å²) in [5.41, 5.74) is 1.41. The maximum Gasteiger partial charge on any atom is 0.295 e. The largest absolute Gasteiger partial charge is 0.507 e. The van der Waals surface area contributed by atoms with Crippen molar-refractivity contribution in [1.82, 2.24) is 9.80 Å². The number of nitrogens with zero attached hydrogens (tertiary/aromatic N) is 2. The highest BCUT2D eigenvalue weighted by Gasteiger charge is 2.45. The van der Waals surface area contributed by atoms with Crippen LogP contribution >= 0.6 is 0 Å². The summed E-state index contributed by atoms with van der Waals surface area (Å²) in [6, 6.07) is 15.7. The second-order valence-electron chi connectivity index (χ2n) is 8.79. The molecule has 1 fully saturated rings. The topological polar surface area (TPSA) is 70.1 Å². The molecule has 1 atom stereocenters. The Labute approximate surface area is 190 Å². The fraction of sp³-hybridized carbons (Fsp3) is 0.385. The highest BCUT2D eigenvalue weighted by Crippen LogP contribution is 2.39. The number of hydrogen-bond donors (Lipinski definition) is 1. The molecule has 0 bridgehead atoms. The molecule has 170 valence electrons.